The minimum atomic E-state index is -3.72. The average molecular weight is 472 g/mol. The van der Waals surface area contributed by atoms with Crippen molar-refractivity contribution >= 4 is 38.5 Å². The normalized spacial score (nSPS) is 11.5. The lowest BCUT2D eigenvalue weighted by Gasteiger charge is -2.15. The molecule has 1 aromatic heterocycles. The molecule has 0 atom stereocenters. The van der Waals surface area contributed by atoms with Crippen LogP contribution in [0.4, 0.5) is 5.69 Å². The molecule has 3 aromatic rings. The van der Waals surface area contributed by atoms with E-state index in [1.165, 1.54) is 39.4 Å². The van der Waals surface area contributed by atoms with E-state index in [0.717, 1.165) is 9.87 Å². The number of carbonyl (C=O) groups is 2. The number of nitrogens with zero attached hydrogens (tertiary/aromatic N) is 2. The third kappa shape index (κ3) is 5.29. The van der Waals surface area contributed by atoms with Crippen molar-refractivity contribution in [2.24, 2.45) is 0 Å². The Balaban J connectivity index is 1.78. The summed E-state index contributed by atoms with van der Waals surface area (Å²) in [4.78, 5) is 29.6. The number of nitrogens with one attached hydrogen (secondary N) is 1. The van der Waals surface area contributed by atoms with Crippen LogP contribution < -0.4 is 10.1 Å². The molecule has 1 N–H and O–H groups in total. The SMILES string of the molecule is COc1ccc(S(=O)(=O)N(C)C)cc1NC(=O)COC(=O)c1cc(C)nc2ccc(C)cc12. The summed E-state index contributed by atoms with van der Waals surface area (Å²) in [6, 6.07) is 11.3. The van der Waals surface area contributed by atoms with Gasteiger partial charge in [-0.3, -0.25) is 9.78 Å². The van der Waals surface area contributed by atoms with Crippen LogP contribution in [0.2, 0.25) is 0 Å². The third-order valence-corrected chi connectivity index (χ3v) is 6.68. The van der Waals surface area contributed by atoms with Gasteiger partial charge in [-0.05, 0) is 50.2 Å². The molecule has 33 heavy (non-hydrogen) atoms. The summed E-state index contributed by atoms with van der Waals surface area (Å²) in [5.41, 5.74) is 2.71. The van der Waals surface area contributed by atoms with Gasteiger partial charge in [0.25, 0.3) is 5.91 Å². The number of sulfonamides is 1. The van der Waals surface area contributed by atoms with Gasteiger partial charge in [0.2, 0.25) is 10.0 Å². The molecular weight excluding hydrogens is 446 g/mol. The van der Waals surface area contributed by atoms with Crippen molar-refractivity contribution in [3.8, 4) is 5.75 Å². The van der Waals surface area contributed by atoms with Crippen LogP contribution in [0.5, 0.6) is 5.75 Å². The lowest BCUT2D eigenvalue weighted by atomic mass is 10.1. The first-order valence-corrected chi connectivity index (χ1v) is 11.4. The van der Waals surface area contributed by atoms with E-state index < -0.39 is 28.5 Å². The Labute approximate surface area is 192 Å². The van der Waals surface area contributed by atoms with Crippen LogP contribution in [0.1, 0.15) is 21.6 Å². The van der Waals surface area contributed by atoms with Crippen molar-refractivity contribution in [3.63, 3.8) is 0 Å². The summed E-state index contributed by atoms with van der Waals surface area (Å²) in [7, 11) is 0.490. The number of fused-ring (bicyclic) bond motifs is 1. The van der Waals surface area contributed by atoms with E-state index in [2.05, 4.69) is 10.3 Å². The Morgan fingerprint density at radius 3 is 2.45 bits per heavy atom. The number of ether oxygens (including phenoxy) is 2. The molecule has 0 unspecified atom stereocenters. The molecule has 0 aliphatic carbocycles. The smallest absolute Gasteiger partial charge is 0.339 e. The van der Waals surface area contributed by atoms with Gasteiger partial charge in [-0.2, -0.15) is 0 Å². The van der Waals surface area contributed by atoms with E-state index in [-0.39, 0.29) is 16.3 Å². The number of hydrogen-bond acceptors (Lipinski definition) is 7. The number of methoxy groups -OCH3 is 1. The van der Waals surface area contributed by atoms with Crippen LogP contribution in [0, 0.1) is 13.8 Å². The number of amides is 1. The molecule has 174 valence electrons. The predicted octanol–water partition coefficient (Wildman–Crippen LogP) is 2.91. The third-order valence-electron chi connectivity index (χ3n) is 4.87. The molecule has 0 aliphatic rings. The zero-order chi connectivity index (χ0) is 24.3. The maximum Gasteiger partial charge on any atom is 0.339 e. The first kappa shape index (κ1) is 24.1. The Morgan fingerprint density at radius 2 is 1.79 bits per heavy atom. The van der Waals surface area contributed by atoms with Gasteiger partial charge in [0.15, 0.2) is 6.61 Å². The zero-order valence-electron chi connectivity index (χ0n) is 19.0. The first-order valence-electron chi connectivity index (χ1n) is 9.98. The summed E-state index contributed by atoms with van der Waals surface area (Å²) in [6.45, 7) is 3.10. The summed E-state index contributed by atoms with van der Waals surface area (Å²) in [6.07, 6.45) is 0. The standard InChI is InChI=1S/C23H25N3O6S/c1-14-6-8-19-17(10-14)18(11-15(2)24-19)23(28)32-13-22(27)25-20-12-16(7-9-21(20)31-5)33(29,30)26(3)4/h6-12H,13H2,1-5H3,(H,25,27). The number of pyridine rings is 1. The first-order chi connectivity index (χ1) is 15.5. The average Bonchev–Trinajstić information content (AvgIpc) is 2.77. The quantitative estimate of drug-likeness (QED) is 0.527. The molecule has 10 heteroatoms. The zero-order valence-corrected chi connectivity index (χ0v) is 19.8. The lowest BCUT2D eigenvalue weighted by molar-refractivity contribution is -0.119. The van der Waals surface area contributed by atoms with E-state index in [0.29, 0.717) is 22.2 Å². The molecule has 0 bridgehead atoms. The van der Waals surface area contributed by atoms with Crippen LogP contribution in [0.25, 0.3) is 10.9 Å². The topological polar surface area (TPSA) is 115 Å². The van der Waals surface area contributed by atoms with Crippen molar-refractivity contribution in [2.75, 3.05) is 33.1 Å². The second-order valence-electron chi connectivity index (χ2n) is 7.61. The van der Waals surface area contributed by atoms with Crippen molar-refractivity contribution < 1.29 is 27.5 Å². The molecule has 1 amide bonds. The molecule has 0 fully saturated rings. The van der Waals surface area contributed by atoms with E-state index >= 15 is 0 Å². The summed E-state index contributed by atoms with van der Waals surface area (Å²) in [5, 5.41) is 3.17. The second-order valence-corrected chi connectivity index (χ2v) is 9.76. The summed E-state index contributed by atoms with van der Waals surface area (Å²) in [5.74, 6) is -1.05. The highest BCUT2D eigenvalue weighted by Crippen LogP contribution is 2.28. The van der Waals surface area contributed by atoms with Gasteiger partial charge in [-0.1, -0.05) is 11.6 Å². The lowest BCUT2D eigenvalue weighted by Crippen LogP contribution is -2.23. The van der Waals surface area contributed by atoms with Crippen molar-refractivity contribution in [1.29, 1.82) is 0 Å². The minimum absolute atomic E-state index is 0.0188. The molecule has 0 saturated carbocycles. The van der Waals surface area contributed by atoms with E-state index in [1.807, 2.05) is 25.1 Å². The van der Waals surface area contributed by atoms with Crippen molar-refractivity contribution in [3.05, 3.63) is 59.3 Å². The number of benzene rings is 2. The van der Waals surface area contributed by atoms with Gasteiger partial charge >= 0.3 is 5.97 Å². The number of anilines is 1. The van der Waals surface area contributed by atoms with Crippen LogP contribution in [-0.2, 0) is 19.6 Å². The van der Waals surface area contributed by atoms with Gasteiger partial charge in [-0.25, -0.2) is 17.5 Å². The van der Waals surface area contributed by atoms with Gasteiger partial charge < -0.3 is 14.8 Å². The Morgan fingerprint density at radius 1 is 1.06 bits per heavy atom. The monoisotopic (exact) mass is 471 g/mol. The molecule has 0 spiro atoms. The Bertz CT molecular complexity index is 1340. The van der Waals surface area contributed by atoms with Crippen LogP contribution in [-0.4, -0.2) is 57.4 Å². The van der Waals surface area contributed by atoms with Crippen LogP contribution in [0.15, 0.2) is 47.4 Å². The predicted molar refractivity (Wildman–Crippen MR) is 124 cm³/mol. The highest BCUT2D eigenvalue weighted by Gasteiger charge is 2.21. The van der Waals surface area contributed by atoms with Crippen molar-refractivity contribution in [2.45, 2.75) is 18.7 Å². The number of hydrogen-bond donors (Lipinski definition) is 1. The molecule has 0 aliphatic heterocycles. The van der Waals surface area contributed by atoms with E-state index in [1.54, 1.807) is 13.0 Å². The van der Waals surface area contributed by atoms with Gasteiger partial charge in [0.1, 0.15) is 5.75 Å². The molecular formula is C23H25N3O6S. The van der Waals surface area contributed by atoms with E-state index in [9.17, 15) is 18.0 Å². The van der Waals surface area contributed by atoms with Gasteiger partial charge in [-0.15, -0.1) is 0 Å². The van der Waals surface area contributed by atoms with Crippen molar-refractivity contribution in [1.82, 2.24) is 9.29 Å². The van der Waals surface area contributed by atoms with E-state index in [4.69, 9.17) is 9.47 Å². The Kier molecular flexibility index (Phi) is 6.99. The number of aromatic nitrogens is 1. The second kappa shape index (κ2) is 9.55. The van der Waals surface area contributed by atoms with Gasteiger partial charge in [0.05, 0.1) is 28.8 Å². The summed E-state index contributed by atoms with van der Waals surface area (Å²) < 4.78 is 36.3. The number of carbonyl (C=O) groups excluding carboxylic acids is 2. The molecule has 9 nitrogen and oxygen atoms in total. The number of aryl methyl sites for hydroxylation is 2. The maximum atomic E-state index is 12.7. The van der Waals surface area contributed by atoms with Gasteiger partial charge in [0, 0.05) is 25.2 Å². The molecule has 2 aromatic carbocycles. The molecule has 1 heterocycles. The highest BCUT2D eigenvalue weighted by atomic mass is 32.2. The fourth-order valence-electron chi connectivity index (χ4n) is 3.19. The van der Waals surface area contributed by atoms with Crippen LogP contribution >= 0.6 is 0 Å². The summed E-state index contributed by atoms with van der Waals surface area (Å²) >= 11 is 0. The molecule has 0 saturated heterocycles. The largest absolute Gasteiger partial charge is 0.495 e. The fourth-order valence-corrected chi connectivity index (χ4v) is 4.12. The number of esters is 1. The molecule has 3 rings (SSSR count). The van der Waals surface area contributed by atoms with Crippen LogP contribution in [0.3, 0.4) is 0 Å². The fraction of sp³-hybridized carbons (Fsp3) is 0.261. The maximum absolute atomic E-state index is 12.7. The number of rotatable bonds is 7. The highest BCUT2D eigenvalue weighted by molar-refractivity contribution is 7.89. The Hall–Kier alpha value is -3.50. The minimum Gasteiger partial charge on any atom is -0.495 e. The molecule has 0 radical (unpaired) electrons.